The number of aromatic amines is 1. The number of nitrogens with zero attached hydrogens (tertiary/aromatic N) is 4. The van der Waals surface area contributed by atoms with Crippen molar-refractivity contribution in [2.24, 2.45) is 10.2 Å². The summed E-state index contributed by atoms with van der Waals surface area (Å²) in [6, 6.07) is 18.7. The van der Waals surface area contributed by atoms with Gasteiger partial charge < -0.3 is 4.98 Å². The van der Waals surface area contributed by atoms with Crippen molar-refractivity contribution in [1.29, 1.82) is 0 Å². The number of H-pyrrole nitrogens is 1. The number of likely N-dealkylation sites (N-methyl/N-ethyl adjacent to an activating group) is 1. The minimum absolute atomic E-state index is 0.262. The third-order valence-corrected chi connectivity index (χ3v) is 4.62. The van der Waals surface area contributed by atoms with Crippen LogP contribution in [0.3, 0.4) is 0 Å². The maximum atomic E-state index is 4.59. The first-order valence-electron chi connectivity index (χ1n) is 8.44. The molecular formula is C20H21N5. The van der Waals surface area contributed by atoms with Gasteiger partial charge >= 0.3 is 0 Å². The van der Waals surface area contributed by atoms with Gasteiger partial charge in [-0.2, -0.15) is 0 Å². The molecule has 5 heteroatoms. The van der Waals surface area contributed by atoms with Gasteiger partial charge in [0.25, 0.3) is 0 Å². The van der Waals surface area contributed by atoms with E-state index in [4.69, 9.17) is 0 Å². The molecule has 3 aromatic rings. The zero-order chi connectivity index (χ0) is 17.4. The van der Waals surface area contributed by atoms with Gasteiger partial charge in [-0.15, -0.1) is 10.2 Å². The number of fused-ring (bicyclic) bond motifs is 1. The van der Waals surface area contributed by atoms with Gasteiger partial charge in [0.05, 0.1) is 5.69 Å². The van der Waals surface area contributed by atoms with Crippen molar-refractivity contribution < 1.29 is 0 Å². The monoisotopic (exact) mass is 331 g/mol. The molecule has 2 heterocycles. The van der Waals surface area contributed by atoms with Crippen molar-refractivity contribution in [2.75, 3.05) is 12.1 Å². The Morgan fingerprint density at radius 1 is 0.960 bits per heavy atom. The lowest BCUT2D eigenvalue weighted by molar-refractivity contribution is 0.316. The smallest absolute Gasteiger partial charge is 0.167 e. The molecule has 1 aliphatic rings. The van der Waals surface area contributed by atoms with E-state index in [0.717, 1.165) is 33.8 Å². The quantitative estimate of drug-likeness (QED) is 0.674. The molecule has 5 nitrogen and oxygen atoms in total. The van der Waals surface area contributed by atoms with E-state index in [2.05, 4.69) is 69.5 Å². The SMILES string of the molecule is Cc1[nH]c2ccccc2c1N=NC1=C[C@@H](C)N(C)N1c1ccccc1. The third-order valence-electron chi connectivity index (χ3n) is 4.62. The van der Waals surface area contributed by atoms with Crippen LogP contribution in [0.4, 0.5) is 11.4 Å². The minimum Gasteiger partial charge on any atom is -0.357 e. The molecule has 0 aliphatic carbocycles. The fraction of sp³-hybridized carbons (Fsp3) is 0.200. The predicted octanol–water partition coefficient (Wildman–Crippen LogP) is 5.16. The first kappa shape index (κ1) is 15.6. The number of azo groups is 1. The number of nitrogens with one attached hydrogen (secondary N) is 1. The van der Waals surface area contributed by atoms with Crippen LogP contribution in [-0.4, -0.2) is 23.1 Å². The molecule has 0 unspecified atom stereocenters. The molecule has 0 amide bonds. The number of hydrogen-bond donors (Lipinski definition) is 1. The van der Waals surface area contributed by atoms with Gasteiger partial charge in [0, 0.05) is 29.7 Å². The molecule has 0 radical (unpaired) electrons. The van der Waals surface area contributed by atoms with E-state index in [0.29, 0.717) is 0 Å². The topological polar surface area (TPSA) is 47.0 Å². The van der Waals surface area contributed by atoms with Crippen molar-refractivity contribution in [3.63, 3.8) is 0 Å². The first-order valence-corrected chi connectivity index (χ1v) is 8.44. The molecule has 1 atom stereocenters. The molecule has 1 aliphatic heterocycles. The number of hydrogen-bond acceptors (Lipinski definition) is 4. The van der Waals surface area contributed by atoms with Crippen molar-refractivity contribution in [3.05, 3.63) is 72.2 Å². The van der Waals surface area contributed by atoms with Crippen LogP contribution in [0.15, 0.2) is 76.7 Å². The van der Waals surface area contributed by atoms with Crippen molar-refractivity contribution >= 4 is 22.3 Å². The average Bonchev–Trinajstić information content (AvgIpc) is 3.10. The van der Waals surface area contributed by atoms with Crippen molar-refractivity contribution in [2.45, 2.75) is 19.9 Å². The molecular weight excluding hydrogens is 310 g/mol. The van der Waals surface area contributed by atoms with Gasteiger partial charge in [-0.1, -0.05) is 36.4 Å². The van der Waals surface area contributed by atoms with Crippen LogP contribution in [0.1, 0.15) is 12.6 Å². The molecule has 0 bridgehead atoms. The molecule has 0 fully saturated rings. The second kappa shape index (κ2) is 6.18. The molecule has 2 aromatic carbocycles. The van der Waals surface area contributed by atoms with E-state index in [-0.39, 0.29) is 6.04 Å². The van der Waals surface area contributed by atoms with Crippen LogP contribution in [0, 0.1) is 6.92 Å². The molecule has 0 spiro atoms. The number of benzene rings is 2. The highest BCUT2D eigenvalue weighted by molar-refractivity contribution is 5.92. The predicted molar refractivity (Wildman–Crippen MR) is 102 cm³/mol. The van der Waals surface area contributed by atoms with Crippen LogP contribution >= 0.6 is 0 Å². The van der Waals surface area contributed by atoms with Gasteiger partial charge in [0.2, 0.25) is 0 Å². The molecule has 126 valence electrons. The normalized spacial score (nSPS) is 18.4. The fourth-order valence-electron chi connectivity index (χ4n) is 3.19. The lowest BCUT2D eigenvalue weighted by atomic mass is 10.2. The first-order chi connectivity index (χ1) is 12.1. The lowest BCUT2D eigenvalue weighted by Gasteiger charge is -2.29. The molecule has 4 rings (SSSR count). The largest absolute Gasteiger partial charge is 0.357 e. The highest BCUT2D eigenvalue weighted by Crippen LogP contribution is 2.33. The average molecular weight is 331 g/mol. The summed E-state index contributed by atoms with van der Waals surface area (Å²) >= 11 is 0. The van der Waals surface area contributed by atoms with Crippen molar-refractivity contribution in [1.82, 2.24) is 9.99 Å². The van der Waals surface area contributed by atoms with E-state index in [9.17, 15) is 0 Å². The summed E-state index contributed by atoms with van der Waals surface area (Å²) in [5.74, 6) is 0.839. The summed E-state index contributed by atoms with van der Waals surface area (Å²) in [6.45, 7) is 4.18. The second-order valence-electron chi connectivity index (χ2n) is 6.33. The Kier molecular flexibility index (Phi) is 3.86. The maximum Gasteiger partial charge on any atom is 0.167 e. The Bertz CT molecular complexity index is 955. The summed E-state index contributed by atoms with van der Waals surface area (Å²) in [6.07, 6.45) is 2.13. The van der Waals surface area contributed by atoms with E-state index in [1.54, 1.807) is 0 Å². The van der Waals surface area contributed by atoms with Crippen LogP contribution in [0.2, 0.25) is 0 Å². The Labute approximate surface area is 147 Å². The number of aryl methyl sites for hydroxylation is 1. The number of anilines is 1. The van der Waals surface area contributed by atoms with Gasteiger partial charge in [0.15, 0.2) is 5.82 Å². The number of hydrazine groups is 1. The Morgan fingerprint density at radius 2 is 1.68 bits per heavy atom. The highest BCUT2D eigenvalue weighted by atomic mass is 15.7. The van der Waals surface area contributed by atoms with Gasteiger partial charge in [-0.05, 0) is 38.1 Å². The minimum atomic E-state index is 0.262. The van der Waals surface area contributed by atoms with E-state index >= 15 is 0 Å². The zero-order valence-electron chi connectivity index (χ0n) is 14.6. The van der Waals surface area contributed by atoms with Gasteiger partial charge in [0.1, 0.15) is 5.69 Å². The molecule has 25 heavy (non-hydrogen) atoms. The summed E-state index contributed by atoms with van der Waals surface area (Å²) in [5, 5.41) is 14.5. The third kappa shape index (κ3) is 2.72. The van der Waals surface area contributed by atoms with E-state index in [1.165, 1.54) is 0 Å². The van der Waals surface area contributed by atoms with Crippen LogP contribution in [-0.2, 0) is 0 Å². The summed E-state index contributed by atoms with van der Waals surface area (Å²) < 4.78 is 0. The van der Waals surface area contributed by atoms with E-state index < -0.39 is 0 Å². The maximum absolute atomic E-state index is 4.59. The Hall–Kier alpha value is -2.92. The van der Waals surface area contributed by atoms with Crippen LogP contribution < -0.4 is 5.01 Å². The summed E-state index contributed by atoms with van der Waals surface area (Å²) in [7, 11) is 2.06. The summed E-state index contributed by atoms with van der Waals surface area (Å²) in [4.78, 5) is 3.37. The van der Waals surface area contributed by atoms with Crippen molar-refractivity contribution in [3.8, 4) is 0 Å². The number of para-hydroxylation sites is 2. The number of aromatic nitrogens is 1. The summed E-state index contributed by atoms with van der Waals surface area (Å²) in [5.41, 5.74) is 4.08. The van der Waals surface area contributed by atoms with Crippen LogP contribution in [0.25, 0.3) is 10.9 Å². The fourth-order valence-corrected chi connectivity index (χ4v) is 3.19. The van der Waals surface area contributed by atoms with Gasteiger partial charge in [-0.25, -0.2) is 5.01 Å². The molecule has 0 saturated heterocycles. The van der Waals surface area contributed by atoms with E-state index in [1.807, 2.05) is 37.3 Å². The van der Waals surface area contributed by atoms with Gasteiger partial charge in [-0.3, -0.25) is 5.01 Å². The van der Waals surface area contributed by atoms with Crippen LogP contribution in [0.5, 0.6) is 0 Å². The number of rotatable bonds is 3. The Morgan fingerprint density at radius 3 is 2.48 bits per heavy atom. The highest BCUT2D eigenvalue weighted by Gasteiger charge is 2.27. The molecule has 1 N–H and O–H groups in total. The zero-order valence-corrected chi connectivity index (χ0v) is 14.6. The molecule has 0 saturated carbocycles. The lowest BCUT2D eigenvalue weighted by Crippen LogP contribution is -2.37. The Balaban J connectivity index is 1.72. The second-order valence-corrected chi connectivity index (χ2v) is 6.33. The molecule has 1 aromatic heterocycles. The standard InChI is InChI=1S/C20H21N5/c1-14-13-19(25(24(14)3)16-9-5-4-6-10-16)22-23-20-15(2)21-18-12-8-7-11-17(18)20/h4-14,21H,1-3H3/t14-/m1/s1.